The number of fused-ring (bicyclic) bond motifs is 4. The fourth-order valence-electron chi connectivity index (χ4n) is 5.83. The Bertz CT molecular complexity index is 1090. The van der Waals surface area contributed by atoms with Crippen LogP contribution in [-0.4, -0.2) is 52.7 Å². The number of carbonyl (C=O) groups excluding carboxylic acids is 2. The normalized spacial score (nSPS) is 23.3. The minimum atomic E-state index is -1.03. The first kappa shape index (κ1) is 22.4. The van der Waals surface area contributed by atoms with E-state index in [1.165, 1.54) is 4.90 Å². The predicted octanol–water partition coefficient (Wildman–Crippen LogP) is 4.16. The lowest BCUT2D eigenvalue weighted by Crippen LogP contribution is -2.52. The zero-order valence-electron chi connectivity index (χ0n) is 19.3. The maximum atomic E-state index is 13.0. The lowest BCUT2D eigenvalue weighted by atomic mass is 9.98. The first-order valence-corrected chi connectivity index (χ1v) is 12.1. The summed E-state index contributed by atoms with van der Waals surface area (Å²) in [5, 5.41) is 12.5. The molecule has 5 rings (SSSR count). The topological polar surface area (TPSA) is 95.9 Å². The van der Waals surface area contributed by atoms with E-state index in [0.29, 0.717) is 19.4 Å². The summed E-state index contributed by atoms with van der Waals surface area (Å²) in [5.74, 6) is -1.10. The molecule has 1 saturated carbocycles. The van der Waals surface area contributed by atoms with Crippen molar-refractivity contribution in [1.29, 1.82) is 0 Å². The number of nitrogens with zero attached hydrogens (tertiary/aromatic N) is 1. The Morgan fingerprint density at radius 2 is 1.76 bits per heavy atom. The highest BCUT2D eigenvalue weighted by molar-refractivity contribution is 5.91. The molecule has 2 aromatic rings. The van der Waals surface area contributed by atoms with Gasteiger partial charge in [-0.3, -0.25) is 4.79 Å². The van der Waals surface area contributed by atoms with Gasteiger partial charge in [-0.2, -0.15) is 0 Å². The van der Waals surface area contributed by atoms with Crippen LogP contribution in [-0.2, 0) is 14.3 Å². The van der Waals surface area contributed by atoms with Gasteiger partial charge in [0.25, 0.3) is 0 Å². The van der Waals surface area contributed by atoms with E-state index >= 15 is 0 Å². The maximum Gasteiger partial charge on any atom is 0.407 e. The maximum absolute atomic E-state index is 13.0. The third kappa shape index (κ3) is 3.73. The van der Waals surface area contributed by atoms with Crippen molar-refractivity contribution < 1.29 is 24.2 Å². The number of carboxylic acids is 1. The average molecular weight is 463 g/mol. The first-order chi connectivity index (χ1) is 16.5. The predicted molar refractivity (Wildman–Crippen MR) is 126 cm³/mol. The number of amides is 2. The van der Waals surface area contributed by atoms with Crippen molar-refractivity contribution >= 4 is 18.0 Å². The molecule has 3 atom stereocenters. The molecule has 0 spiro atoms. The first-order valence-electron chi connectivity index (χ1n) is 12.1. The summed E-state index contributed by atoms with van der Waals surface area (Å²) >= 11 is 0. The molecule has 2 N–H and O–H groups in total. The largest absolute Gasteiger partial charge is 0.479 e. The van der Waals surface area contributed by atoms with Crippen molar-refractivity contribution in [1.82, 2.24) is 10.2 Å². The summed E-state index contributed by atoms with van der Waals surface area (Å²) in [6.07, 6.45) is 2.27. The van der Waals surface area contributed by atoms with Gasteiger partial charge in [0.2, 0.25) is 5.91 Å². The summed E-state index contributed by atoms with van der Waals surface area (Å²) in [6, 6.07) is 15.9. The van der Waals surface area contributed by atoms with Gasteiger partial charge in [0, 0.05) is 24.9 Å². The number of benzene rings is 2. The number of alkyl carbamates (subject to hydrolysis) is 1. The Hall–Kier alpha value is -3.35. The summed E-state index contributed by atoms with van der Waals surface area (Å²) in [6.45, 7) is 2.56. The molecule has 34 heavy (non-hydrogen) atoms. The molecule has 0 bridgehead atoms. The Kier molecular flexibility index (Phi) is 5.80. The van der Waals surface area contributed by atoms with E-state index in [-0.39, 0.29) is 30.8 Å². The second-order valence-electron chi connectivity index (χ2n) is 9.60. The van der Waals surface area contributed by atoms with Gasteiger partial charge in [-0.25, -0.2) is 9.59 Å². The number of carbonyl (C=O) groups is 3. The Morgan fingerprint density at radius 3 is 2.38 bits per heavy atom. The quantitative estimate of drug-likeness (QED) is 0.644. The van der Waals surface area contributed by atoms with Crippen LogP contribution in [0.2, 0.25) is 0 Å². The zero-order valence-corrected chi connectivity index (χ0v) is 19.3. The minimum Gasteiger partial charge on any atom is -0.479 e. The molecule has 2 amide bonds. The Balaban J connectivity index is 1.20. The number of aliphatic carboxylic acids is 1. The Labute approximate surface area is 199 Å². The highest BCUT2D eigenvalue weighted by Gasteiger charge is 2.66. The number of hydrogen-bond donors (Lipinski definition) is 2. The zero-order chi connectivity index (χ0) is 23.9. The van der Waals surface area contributed by atoms with Crippen LogP contribution >= 0.6 is 0 Å². The van der Waals surface area contributed by atoms with E-state index in [4.69, 9.17) is 4.74 Å². The molecule has 1 heterocycles. The van der Waals surface area contributed by atoms with Crippen LogP contribution in [0.4, 0.5) is 4.79 Å². The van der Waals surface area contributed by atoms with Crippen LogP contribution < -0.4 is 5.32 Å². The average Bonchev–Trinajstić information content (AvgIpc) is 3.53. The van der Waals surface area contributed by atoms with Gasteiger partial charge in [0.1, 0.15) is 12.1 Å². The van der Waals surface area contributed by atoms with E-state index in [1.54, 1.807) is 0 Å². The molecule has 2 aromatic carbocycles. The number of likely N-dealkylation sites (tertiary alicyclic amines) is 1. The fourth-order valence-corrected chi connectivity index (χ4v) is 5.83. The van der Waals surface area contributed by atoms with Crippen molar-refractivity contribution in [2.75, 3.05) is 13.2 Å². The van der Waals surface area contributed by atoms with E-state index in [9.17, 15) is 19.5 Å². The van der Waals surface area contributed by atoms with Gasteiger partial charge >= 0.3 is 12.1 Å². The molecule has 2 aliphatic carbocycles. The smallest absolute Gasteiger partial charge is 0.407 e. The van der Waals surface area contributed by atoms with Crippen LogP contribution in [0.15, 0.2) is 48.5 Å². The molecule has 178 valence electrons. The van der Waals surface area contributed by atoms with Gasteiger partial charge in [-0.15, -0.1) is 0 Å². The lowest BCUT2D eigenvalue weighted by Gasteiger charge is -2.34. The SMILES string of the molecule is CCC(CC(=O)N1CCC[C@@H]2C[C@@]21C(=O)O)NC(=O)OCC1c2ccccc2-c2ccccc21. The summed E-state index contributed by atoms with van der Waals surface area (Å²) < 4.78 is 5.62. The van der Waals surface area contributed by atoms with Gasteiger partial charge in [0.05, 0.1) is 0 Å². The van der Waals surface area contributed by atoms with E-state index < -0.39 is 23.6 Å². The molecule has 1 saturated heterocycles. The standard InChI is InChI=1S/C27H30N2O5/c1-2-18(14-24(30)29-13-7-8-17-15-27(17,29)25(31)32)28-26(33)34-16-23-21-11-5-3-9-19(21)20-10-4-6-12-22(20)23/h3-6,9-12,17-18,23H,2,7-8,13-16H2,1H3,(H,28,33)(H,31,32)/t17-,18?,27+/m1/s1. The van der Waals surface area contributed by atoms with Gasteiger partial charge in [-0.1, -0.05) is 55.5 Å². The van der Waals surface area contributed by atoms with Crippen molar-refractivity contribution in [3.63, 3.8) is 0 Å². The van der Waals surface area contributed by atoms with E-state index in [2.05, 4.69) is 29.6 Å². The van der Waals surface area contributed by atoms with E-state index in [1.807, 2.05) is 31.2 Å². The van der Waals surface area contributed by atoms with Crippen LogP contribution in [0.25, 0.3) is 11.1 Å². The molecular formula is C27H30N2O5. The lowest BCUT2D eigenvalue weighted by molar-refractivity contribution is -0.154. The molecule has 0 aromatic heterocycles. The molecule has 7 nitrogen and oxygen atoms in total. The van der Waals surface area contributed by atoms with Gasteiger partial charge in [-0.05, 0) is 53.9 Å². The summed E-state index contributed by atoms with van der Waals surface area (Å²) in [7, 11) is 0. The molecule has 2 fully saturated rings. The second kappa shape index (κ2) is 8.78. The summed E-state index contributed by atoms with van der Waals surface area (Å²) in [4.78, 5) is 39.1. The molecule has 1 aliphatic heterocycles. The third-order valence-electron chi connectivity index (χ3n) is 7.74. The van der Waals surface area contributed by atoms with Gasteiger partial charge in [0.15, 0.2) is 0 Å². The highest BCUT2D eigenvalue weighted by atomic mass is 16.5. The van der Waals surface area contributed by atoms with Crippen molar-refractivity contribution in [3.05, 3.63) is 59.7 Å². The molecule has 0 radical (unpaired) electrons. The fraction of sp³-hybridized carbons (Fsp3) is 0.444. The monoisotopic (exact) mass is 462 g/mol. The van der Waals surface area contributed by atoms with Crippen LogP contribution in [0.3, 0.4) is 0 Å². The van der Waals surface area contributed by atoms with Crippen molar-refractivity contribution in [3.8, 4) is 11.1 Å². The van der Waals surface area contributed by atoms with Crippen molar-refractivity contribution in [2.24, 2.45) is 5.92 Å². The third-order valence-corrected chi connectivity index (χ3v) is 7.74. The van der Waals surface area contributed by atoms with Crippen LogP contribution in [0, 0.1) is 5.92 Å². The molecule has 7 heteroatoms. The van der Waals surface area contributed by atoms with Crippen LogP contribution in [0.5, 0.6) is 0 Å². The van der Waals surface area contributed by atoms with Gasteiger partial charge < -0.3 is 20.1 Å². The number of rotatable bonds is 7. The minimum absolute atomic E-state index is 0.0320. The molecule has 3 aliphatic rings. The number of hydrogen-bond acceptors (Lipinski definition) is 4. The number of piperidine rings is 1. The van der Waals surface area contributed by atoms with Crippen molar-refractivity contribution in [2.45, 2.75) is 56.5 Å². The Morgan fingerprint density at radius 1 is 1.12 bits per heavy atom. The molecule has 1 unspecified atom stereocenters. The molecular weight excluding hydrogens is 432 g/mol. The van der Waals surface area contributed by atoms with Crippen LogP contribution in [0.1, 0.15) is 56.1 Å². The number of carboxylic acid groups (broad SMARTS) is 1. The van der Waals surface area contributed by atoms with E-state index in [0.717, 1.165) is 35.1 Å². The summed E-state index contributed by atoms with van der Waals surface area (Å²) in [5.41, 5.74) is 3.58. The number of nitrogens with one attached hydrogen (secondary N) is 1. The number of ether oxygens (including phenoxy) is 1. The highest BCUT2D eigenvalue weighted by Crippen LogP contribution is 2.54. The second-order valence-corrected chi connectivity index (χ2v) is 9.60.